The molecule has 30 heavy (non-hydrogen) atoms. The van der Waals surface area contributed by atoms with Gasteiger partial charge < -0.3 is 19.7 Å². The molecule has 1 atom stereocenters. The molecule has 9 nitrogen and oxygen atoms in total. The van der Waals surface area contributed by atoms with Crippen LogP contribution >= 0.6 is 0 Å². The number of alkyl carbamates (subject to hydrolysis) is 1. The van der Waals surface area contributed by atoms with E-state index < -0.39 is 29.3 Å². The van der Waals surface area contributed by atoms with Crippen molar-refractivity contribution in [2.45, 2.75) is 85.0 Å². The second kappa shape index (κ2) is 12.7. The Balaban J connectivity index is 4.79. The highest BCUT2D eigenvalue weighted by Crippen LogP contribution is 2.09. The summed E-state index contributed by atoms with van der Waals surface area (Å²) in [6.45, 7) is 14.4. The number of carbonyl (C=O) groups excluding carboxylic acids is 3. The van der Waals surface area contributed by atoms with Crippen molar-refractivity contribution in [1.82, 2.24) is 20.7 Å². The molecule has 0 unspecified atom stereocenters. The lowest BCUT2D eigenvalue weighted by atomic mass is 10.1. The van der Waals surface area contributed by atoms with Crippen molar-refractivity contribution in [3.05, 3.63) is 0 Å². The summed E-state index contributed by atoms with van der Waals surface area (Å²) in [7, 11) is 3.59. The van der Waals surface area contributed by atoms with Gasteiger partial charge >= 0.3 is 12.1 Å². The molecule has 0 rings (SSSR count). The highest BCUT2D eigenvalue weighted by molar-refractivity contribution is 5.78. The first-order valence-corrected chi connectivity index (χ1v) is 10.5. The molecule has 176 valence electrons. The third-order valence-electron chi connectivity index (χ3n) is 3.72. The standard InChI is InChI=1S/C21H42N4O5/c1-10-12-24(8)13-11-16(22-19(28)30-21(5,6)7)14-17(26)23-25(9)15-18(27)29-20(2,3)4/h16H,10-15H2,1-9H3,(H,22,28)(H,23,26)/t16-/m0/s1. The first-order valence-electron chi connectivity index (χ1n) is 10.5. The summed E-state index contributed by atoms with van der Waals surface area (Å²) in [5, 5.41) is 4.17. The molecule has 0 saturated carbocycles. The van der Waals surface area contributed by atoms with Gasteiger partial charge in [-0.15, -0.1) is 0 Å². The van der Waals surface area contributed by atoms with E-state index in [1.54, 1.807) is 48.6 Å². The van der Waals surface area contributed by atoms with E-state index in [1.807, 2.05) is 7.05 Å². The molecule has 0 aromatic heterocycles. The molecular weight excluding hydrogens is 388 g/mol. The fraction of sp³-hybridized carbons (Fsp3) is 0.857. The third-order valence-corrected chi connectivity index (χ3v) is 3.72. The van der Waals surface area contributed by atoms with Crippen LogP contribution in [0.4, 0.5) is 4.79 Å². The predicted molar refractivity (Wildman–Crippen MR) is 117 cm³/mol. The van der Waals surface area contributed by atoms with Gasteiger partial charge in [-0.1, -0.05) is 6.92 Å². The monoisotopic (exact) mass is 430 g/mol. The van der Waals surface area contributed by atoms with Crippen molar-refractivity contribution in [2.75, 3.05) is 33.7 Å². The Morgan fingerprint density at radius 3 is 2.00 bits per heavy atom. The summed E-state index contributed by atoms with van der Waals surface area (Å²) in [5.41, 5.74) is 1.44. The van der Waals surface area contributed by atoms with E-state index in [2.05, 4.69) is 22.6 Å². The van der Waals surface area contributed by atoms with Crippen LogP contribution in [0.25, 0.3) is 0 Å². The normalized spacial score (nSPS) is 13.2. The van der Waals surface area contributed by atoms with Gasteiger partial charge in [-0.2, -0.15) is 0 Å². The van der Waals surface area contributed by atoms with Crippen LogP contribution in [-0.2, 0) is 19.1 Å². The number of hydrazine groups is 1. The zero-order valence-electron chi connectivity index (χ0n) is 20.3. The summed E-state index contributed by atoms with van der Waals surface area (Å²) in [5.74, 6) is -0.741. The van der Waals surface area contributed by atoms with Crippen molar-refractivity contribution < 1.29 is 23.9 Å². The summed E-state index contributed by atoms with van der Waals surface area (Å²) >= 11 is 0. The summed E-state index contributed by atoms with van der Waals surface area (Å²) in [4.78, 5) is 38.7. The van der Waals surface area contributed by atoms with E-state index in [0.29, 0.717) is 6.42 Å². The second-order valence-corrected chi connectivity index (χ2v) is 9.62. The molecule has 0 aliphatic carbocycles. The zero-order valence-corrected chi connectivity index (χ0v) is 20.3. The van der Waals surface area contributed by atoms with Gasteiger partial charge in [-0.05, 0) is 74.5 Å². The van der Waals surface area contributed by atoms with Gasteiger partial charge in [0.25, 0.3) is 0 Å². The molecule has 9 heteroatoms. The quantitative estimate of drug-likeness (QED) is 0.383. The topological polar surface area (TPSA) is 100 Å². The first-order chi connectivity index (χ1) is 13.6. The first kappa shape index (κ1) is 28.1. The van der Waals surface area contributed by atoms with E-state index in [-0.39, 0.29) is 18.9 Å². The van der Waals surface area contributed by atoms with E-state index >= 15 is 0 Å². The van der Waals surface area contributed by atoms with E-state index in [1.165, 1.54) is 5.01 Å². The molecule has 0 radical (unpaired) electrons. The SMILES string of the molecule is CCCN(C)CC[C@@H](CC(=O)NN(C)CC(=O)OC(C)(C)C)NC(=O)OC(C)(C)C. The molecule has 2 N–H and O–H groups in total. The maximum atomic E-state index is 12.5. The Bertz CT molecular complexity index is 555. The molecule has 0 saturated heterocycles. The number of amides is 2. The van der Waals surface area contributed by atoms with Gasteiger partial charge in [0.05, 0.1) is 0 Å². The number of ether oxygens (including phenoxy) is 2. The second-order valence-electron chi connectivity index (χ2n) is 9.62. The Hall–Kier alpha value is -1.87. The average Bonchev–Trinajstić information content (AvgIpc) is 2.48. The zero-order chi connectivity index (χ0) is 23.5. The van der Waals surface area contributed by atoms with Crippen LogP contribution in [0, 0.1) is 0 Å². The van der Waals surface area contributed by atoms with Crippen LogP contribution in [-0.4, -0.2) is 78.9 Å². The number of nitrogens with zero attached hydrogens (tertiary/aromatic N) is 2. The van der Waals surface area contributed by atoms with Crippen LogP contribution in [0.2, 0.25) is 0 Å². The minimum absolute atomic E-state index is 0.0673. The third kappa shape index (κ3) is 16.0. The fourth-order valence-electron chi connectivity index (χ4n) is 2.66. The van der Waals surface area contributed by atoms with Gasteiger partial charge in [0.15, 0.2) is 0 Å². The van der Waals surface area contributed by atoms with Gasteiger partial charge in [0, 0.05) is 19.5 Å². The van der Waals surface area contributed by atoms with Crippen LogP contribution < -0.4 is 10.7 Å². The van der Waals surface area contributed by atoms with Crippen molar-refractivity contribution >= 4 is 18.0 Å². The predicted octanol–water partition coefficient (Wildman–Crippen LogP) is 2.31. The van der Waals surface area contributed by atoms with Gasteiger partial charge in [0.1, 0.15) is 17.7 Å². The summed E-state index contributed by atoms with van der Waals surface area (Å²) in [6.07, 6.45) is 1.13. The maximum Gasteiger partial charge on any atom is 0.407 e. The Morgan fingerprint density at radius 1 is 0.933 bits per heavy atom. The summed E-state index contributed by atoms with van der Waals surface area (Å²) in [6, 6.07) is -0.394. The lowest BCUT2D eigenvalue weighted by Gasteiger charge is -2.26. The number of nitrogens with one attached hydrogen (secondary N) is 2. The largest absolute Gasteiger partial charge is 0.459 e. The molecule has 0 spiro atoms. The maximum absolute atomic E-state index is 12.5. The van der Waals surface area contributed by atoms with Crippen LogP contribution in [0.15, 0.2) is 0 Å². The van der Waals surface area contributed by atoms with Crippen LogP contribution in [0.1, 0.15) is 67.7 Å². The number of esters is 1. The lowest BCUT2D eigenvalue weighted by molar-refractivity contribution is -0.156. The number of hydrogen-bond acceptors (Lipinski definition) is 7. The smallest absolute Gasteiger partial charge is 0.407 e. The van der Waals surface area contributed by atoms with Crippen molar-refractivity contribution in [3.8, 4) is 0 Å². The number of carbonyl (C=O) groups is 3. The minimum Gasteiger partial charge on any atom is -0.459 e. The van der Waals surface area contributed by atoms with Gasteiger partial charge in [0.2, 0.25) is 5.91 Å². The lowest BCUT2D eigenvalue weighted by Crippen LogP contribution is -2.47. The molecular formula is C21H42N4O5. The van der Waals surface area contributed by atoms with E-state index in [9.17, 15) is 14.4 Å². The highest BCUT2D eigenvalue weighted by atomic mass is 16.6. The minimum atomic E-state index is -0.621. The van der Waals surface area contributed by atoms with E-state index in [0.717, 1.165) is 19.5 Å². The fourth-order valence-corrected chi connectivity index (χ4v) is 2.66. The molecule has 0 aliphatic rings. The Labute approximate surface area is 181 Å². The van der Waals surface area contributed by atoms with Crippen molar-refractivity contribution in [2.24, 2.45) is 0 Å². The molecule has 2 amide bonds. The van der Waals surface area contributed by atoms with Gasteiger partial charge in [-0.3, -0.25) is 15.0 Å². The molecule has 0 bridgehead atoms. The van der Waals surface area contributed by atoms with Crippen LogP contribution in [0.3, 0.4) is 0 Å². The molecule has 0 aromatic carbocycles. The van der Waals surface area contributed by atoms with Crippen molar-refractivity contribution in [3.63, 3.8) is 0 Å². The number of likely N-dealkylation sites (N-methyl/N-ethyl adjacent to an activating group) is 1. The van der Waals surface area contributed by atoms with Gasteiger partial charge in [-0.25, -0.2) is 9.80 Å². The number of hydrogen-bond donors (Lipinski definition) is 2. The van der Waals surface area contributed by atoms with Crippen LogP contribution in [0.5, 0.6) is 0 Å². The highest BCUT2D eigenvalue weighted by Gasteiger charge is 2.23. The molecule has 0 fully saturated rings. The van der Waals surface area contributed by atoms with Crippen molar-refractivity contribution in [1.29, 1.82) is 0 Å². The average molecular weight is 431 g/mol. The van der Waals surface area contributed by atoms with E-state index in [4.69, 9.17) is 9.47 Å². The molecule has 0 aliphatic heterocycles. The number of rotatable bonds is 11. The summed E-state index contributed by atoms with van der Waals surface area (Å²) < 4.78 is 10.6. The molecule has 0 heterocycles. The Morgan fingerprint density at radius 2 is 1.50 bits per heavy atom. The Kier molecular flexibility index (Phi) is 11.9. The molecule has 0 aromatic rings.